The predicted octanol–water partition coefficient (Wildman–Crippen LogP) is 1.72. The van der Waals surface area contributed by atoms with Crippen LogP contribution in [0.1, 0.15) is 0 Å². The maximum atomic E-state index is 11.8. The largest absolute Gasteiger partial charge is 0.345 e. The average molecular weight is 354 g/mol. The van der Waals surface area contributed by atoms with E-state index in [0.29, 0.717) is 0 Å². The van der Waals surface area contributed by atoms with Crippen molar-refractivity contribution in [2.24, 2.45) is 0 Å². The molecule has 2 aromatic carbocycles. The van der Waals surface area contributed by atoms with Crippen LogP contribution in [-0.4, -0.2) is 35.9 Å². The van der Waals surface area contributed by atoms with Crippen LogP contribution in [0.5, 0.6) is 0 Å². The van der Waals surface area contributed by atoms with Gasteiger partial charge in [0.15, 0.2) is 0 Å². The first kappa shape index (κ1) is 15.6. The Morgan fingerprint density at radius 3 is 2.17 bits per heavy atom. The summed E-state index contributed by atoms with van der Waals surface area (Å²) in [5.41, 5.74) is -0.225. The number of hydrogen-bond donors (Lipinski definition) is 3. The fourth-order valence-electron chi connectivity index (χ4n) is 2.36. The van der Waals surface area contributed by atoms with Gasteiger partial charge >= 0.3 is 0 Å². The van der Waals surface area contributed by atoms with Crippen molar-refractivity contribution in [1.82, 2.24) is 9.97 Å². The third kappa shape index (κ3) is 2.72. The number of rotatable bonds is 3. The lowest BCUT2D eigenvalue weighted by molar-refractivity contribution is 0.482. The lowest BCUT2D eigenvalue weighted by Gasteiger charge is -2.12. The molecule has 0 aliphatic rings. The van der Waals surface area contributed by atoms with Gasteiger partial charge < -0.3 is 4.98 Å². The lowest BCUT2D eigenvalue weighted by Crippen LogP contribution is -2.08. The van der Waals surface area contributed by atoms with Gasteiger partial charge in [0.2, 0.25) is 0 Å². The molecule has 0 fully saturated rings. The number of fused-ring (bicyclic) bond motifs is 1. The van der Waals surface area contributed by atoms with Crippen molar-refractivity contribution in [3.63, 3.8) is 0 Å². The summed E-state index contributed by atoms with van der Waals surface area (Å²) in [6.07, 6.45) is 1.15. The molecule has 0 unspecified atom stereocenters. The third-order valence-electron chi connectivity index (χ3n) is 3.23. The number of H-pyrrole nitrogens is 1. The van der Waals surface area contributed by atoms with Gasteiger partial charge in [0.25, 0.3) is 20.2 Å². The molecule has 0 aliphatic carbocycles. The van der Waals surface area contributed by atoms with Crippen molar-refractivity contribution in [2.75, 3.05) is 0 Å². The molecule has 0 radical (unpaired) electrons. The molecular formula is C13H10N2O6S2. The molecule has 1 aromatic heterocycles. The highest BCUT2D eigenvalue weighted by Gasteiger charge is 2.29. The second kappa shape index (κ2) is 5.13. The summed E-state index contributed by atoms with van der Waals surface area (Å²) in [6, 6.07) is 8.75. The van der Waals surface area contributed by atoms with E-state index < -0.39 is 30.0 Å². The Kier molecular flexibility index (Phi) is 3.48. The monoisotopic (exact) mass is 354 g/mol. The Labute approximate surface area is 131 Å². The van der Waals surface area contributed by atoms with Crippen LogP contribution in [0, 0.1) is 0 Å². The first-order valence-corrected chi connectivity index (χ1v) is 9.08. The molecule has 10 heteroatoms. The number of hydrogen-bond acceptors (Lipinski definition) is 5. The van der Waals surface area contributed by atoms with Gasteiger partial charge in [-0.3, -0.25) is 9.11 Å². The maximum absolute atomic E-state index is 11.8. The molecule has 8 nitrogen and oxygen atoms in total. The number of aromatic nitrogens is 2. The second-order valence-corrected chi connectivity index (χ2v) is 7.44. The molecule has 0 aliphatic heterocycles. The van der Waals surface area contributed by atoms with Crippen LogP contribution in [0.25, 0.3) is 22.2 Å². The normalized spacial score (nSPS) is 12.6. The van der Waals surface area contributed by atoms with Crippen molar-refractivity contribution < 1.29 is 25.9 Å². The minimum atomic E-state index is -4.82. The SMILES string of the molecule is O=S(=O)(O)c1cc2[nH]cnc2c(S(=O)(=O)O)c1-c1ccccc1. The van der Waals surface area contributed by atoms with E-state index in [2.05, 4.69) is 9.97 Å². The molecule has 0 amide bonds. The first-order valence-electron chi connectivity index (χ1n) is 6.20. The van der Waals surface area contributed by atoms with E-state index in [4.69, 9.17) is 0 Å². The maximum Gasteiger partial charge on any atom is 0.297 e. The number of imidazole rings is 1. The minimum absolute atomic E-state index is 0.0462. The van der Waals surface area contributed by atoms with Gasteiger partial charge in [0.05, 0.1) is 11.8 Å². The van der Waals surface area contributed by atoms with Crippen LogP contribution in [0.2, 0.25) is 0 Å². The van der Waals surface area contributed by atoms with Crippen molar-refractivity contribution in [1.29, 1.82) is 0 Å². The average Bonchev–Trinajstić information content (AvgIpc) is 2.92. The van der Waals surface area contributed by atoms with E-state index in [1.54, 1.807) is 18.2 Å². The zero-order valence-electron chi connectivity index (χ0n) is 11.3. The fraction of sp³-hybridized carbons (Fsp3) is 0. The molecule has 0 spiro atoms. The molecule has 0 saturated carbocycles. The van der Waals surface area contributed by atoms with Crippen LogP contribution in [0.15, 0.2) is 52.5 Å². The van der Waals surface area contributed by atoms with E-state index in [1.807, 2.05) is 0 Å². The van der Waals surface area contributed by atoms with E-state index in [9.17, 15) is 25.9 Å². The van der Waals surface area contributed by atoms with E-state index in [-0.39, 0.29) is 22.2 Å². The molecule has 3 N–H and O–H groups in total. The standard InChI is InChI=1S/C13H10N2O6S2/c16-22(17,18)10-6-9-12(15-7-14-9)13(23(19,20)21)11(10)8-4-2-1-3-5-8/h1-7H,(H,14,15)(H,16,17,18)(H,19,20,21). The summed E-state index contributed by atoms with van der Waals surface area (Å²) in [4.78, 5) is 5.05. The topological polar surface area (TPSA) is 137 Å². The molecule has 0 atom stereocenters. The van der Waals surface area contributed by atoms with Crippen molar-refractivity contribution >= 4 is 31.3 Å². The zero-order chi connectivity index (χ0) is 16.8. The van der Waals surface area contributed by atoms with Gasteiger partial charge in [-0.25, -0.2) is 4.98 Å². The Hall–Kier alpha value is -2.27. The van der Waals surface area contributed by atoms with E-state index >= 15 is 0 Å². The van der Waals surface area contributed by atoms with Gasteiger partial charge in [-0.1, -0.05) is 30.3 Å². The van der Waals surface area contributed by atoms with Crippen LogP contribution < -0.4 is 0 Å². The Balaban J connectivity index is 2.63. The highest BCUT2D eigenvalue weighted by atomic mass is 32.2. The van der Waals surface area contributed by atoms with Crippen molar-refractivity contribution in [3.8, 4) is 11.1 Å². The van der Waals surface area contributed by atoms with Crippen LogP contribution in [-0.2, 0) is 20.2 Å². The smallest absolute Gasteiger partial charge is 0.297 e. The van der Waals surface area contributed by atoms with Crippen LogP contribution >= 0.6 is 0 Å². The summed E-state index contributed by atoms with van der Waals surface area (Å²) in [6.45, 7) is 0. The number of nitrogens with zero attached hydrogens (tertiary/aromatic N) is 1. The number of aromatic amines is 1. The Bertz CT molecular complexity index is 1100. The van der Waals surface area contributed by atoms with Gasteiger partial charge in [-0.05, 0) is 11.6 Å². The summed E-state index contributed by atoms with van der Waals surface area (Å²) < 4.78 is 66.2. The molecule has 120 valence electrons. The van der Waals surface area contributed by atoms with Gasteiger partial charge in [0.1, 0.15) is 15.3 Å². The molecular weight excluding hydrogens is 344 g/mol. The third-order valence-corrected chi connectivity index (χ3v) is 5.02. The van der Waals surface area contributed by atoms with Crippen LogP contribution in [0.4, 0.5) is 0 Å². The summed E-state index contributed by atoms with van der Waals surface area (Å²) >= 11 is 0. The van der Waals surface area contributed by atoms with Crippen LogP contribution in [0.3, 0.4) is 0 Å². The molecule has 3 rings (SSSR count). The Morgan fingerprint density at radius 2 is 1.61 bits per heavy atom. The summed E-state index contributed by atoms with van der Waals surface area (Å²) in [5.74, 6) is 0. The molecule has 0 saturated heterocycles. The molecule has 3 aromatic rings. The molecule has 23 heavy (non-hydrogen) atoms. The lowest BCUT2D eigenvalue weighted by atomic mass is 10.0. The number of benzene rings is 2. The predicted molar refractivity (Wildman–Crippen MR) is 81.2 cm³/mol. The van der Waals surface area contributed by atoms with Gasteiger partial charge in [0, 0.05) is 5.56 Å². The van der Waals surface area contributed by atoms with Gasteiger partial charge in [-0.2, -0.15) is 16.8 Å². The molecule has 0 bridgehead atoms. The Morgan fingerprint density at radius 1 is 0.957 bits per heavy atom. The van der Waals surface area contributed by atoms with Gasteiger partial charge in [-0.15, -0.1) is 0 Å². The second-order valence-electron chi connectivity index (χ2n) is 4.69. The van der Waals surface area contributed by atoms with Crippen molar-refractivity contribution in [2.45, 2.75) is 9.79 Å². The van der Waals surface area contributed by atoms with E-state index in [0.717, 1.165) is 12.4 Å². The summed E-state index contributed by atoms with van der Waals surface area (Å²) in [5, 5.41) is 0. The van der Waals surface area contributed by atoms with Crippen molar-refractivity contribution in [3.05, 3.63) is 42.7 Å². The first-order chi connectivity index (χ1) is 10.7. The quantitative estimate of drug-likeness (QED) is 0.609. The molecule has 1 heterocycles. The highest BCUT2D eigenvalue weighted by molar-refractivity contribution is 7.87. The zero-order valence-corrected chi connectivity index (χ0v) is 13.0. The number of nitrogens with one attached hydrogen (secondary N) is 1. The highest BCUT2D eigenvalue weighted by Crippen LogP contribution is 2.37. The van der Waals surface area contributed by atoms with E-state index in [1.165, 1.54) is 12.1 Å². The minimum Gasteiger partial charge on any atom is -0.345 e. The fourth-order valence-corrected chi connectivity index (χ4v) is 4.06. The summed E-state index contributed by atoms with van der Waals surface area (Å²) in [7, 11) is -9.58.